The van der Waals surface area contributed by atoms with E-state index in [1.54, 1.807) is 0 Å². The number of hydrogen-bond acceptors (Lipinski definition) is 3. The van der Waals surface area contributed by atoms with Crippen molar-refractivity contribution in [1.82, 2.24) is 10.2 Å². The molecule has 0 aromatic heterocycles. The maximum atomic E-state index is 11.7. The lowest BCUT2D eigenvalue weighted by Crippen LogP contribution is -2.45. The Morgan fingerprint density at radius 3 is 2.50 bits per heavy atom. The summed E-state index contributed by atoms with van der Waals surface area (Å²) < 4.78 is 0. The molecule has 0 aliphatic carbocycles. The van der Waals surface area contributed by atoms with Crippen LogP contribution in [0.2, 0.25) is 0 Å². The molecule has 0 fully saturated rings. The van der Waals surface area contributed by atoms with E-state index in [1.165, 1.54) is 0 Å². The van der Waals surface area contributed by atoms with Crippen molar-refractivity contribution in [3.63, 3.8) is 0 Å². The number of carbonyl (C=O) groups excluding carboxylic acids is 1. The Morgan fingerprint density at radius 1 is 1.44 bits per heavy atom. The zero-order valence-corrected chi connectivity index (χ0v) is 10.8. The number of nitrogens with one attached hydrogen (secondary N) is 1. The molecule has 1 N–H and O–H groups in total. The first-order chi connectivity index (χ1) is 7.52. The monoisotopic (exact) mass is 225 g/mol. The lowest BCUT2D eigenvalue weighted by atomic mass is 10.1. The Balaban J connectivity index is 4.01. The molecule has 4 heteroatoms. The molecule has 92 valence electrons. The van der Waals surface area contributed by atoms with Crippen molar-refractivity contribution in [2.45, 2.75) is 40.2 Å². The van der Waals surface area contributed by atoms with Crippen LogP contribution in [0, 0.1) is 17.2 Å². The largest absolute Gasteiger partial charge is 0.355 e. The molecular formula is C12H23N3O. The normalized spacial score (nSPS) is 12.6. The Hall–Kier alpha value is -1.08. The summed E-state index contributed by atoms with van der Waals surface area (Å²) in [4.78, 5) is 13.6. The minimum atomic E-state index is -0.225. The van der Waals surface area contributed by atoms with Crippen molar-refractivity contribution >= 4 is 5.91 Å². The van der Waals surface area contributed by atoms with Crippen LogP contribution >= 0.6 is 0 Å². The number of nitriles is 1. The first-order valence-corrected chi connectivity index (χ1v) is 5.91. The fraction of sp³-hybridized carbons (Fsp3) is 0.833. The van der Waals surface area contributed by atoms with Gasteiger partial charge in [-0.3, -0.25) is 9.69 Å². The van der Waals surface area contributed by atoms with Gasteiger partial charge in [0.25, 0.3) is 0 Å². The van der Waals surface area contributed by atoms with Gasteiger partial charge in [0.1, 0.15) is 0 Å². The lowest BCUT2D eigenvalue weighted by Gasteiger charge is -2.24. The molecule has 4 nitrogen and oxygen atoms in total. The van der Waals surface area contributed by atoms with Crippen LogP contribution < -0.4 is 5.32 Å². The molecule has 0 radical (unpaired) electrons. The topological polar surface area (TPSA) is 56.1 Å². The molecule has 0 rings (SSSR count). The van der Waals surface area contributed by atoms with Crippen molar-refractivity contribution in [1.29, 1.82) is 5.26 Å². The molecule has 1 atom stereocenters. The number of carbonyl (C=O) groups is 1. The maximum Gasteiger partial charge on any atom is 0.237 e. The predicted molar refractivity (Wildman–Crippen MR) is 64.8 cm³/mol. The van der Waals surface area contributed by atoms with E-state index in [0.717, 1.165) is 6.42 Å². The highest BCUT2D eigenvalue weighted by molar-refractivity contribution is 5.81. The van der Waals surface area contributed by atoms with Crippen LogP contribution in [0.15, 0.2) is 0 Å². The molecule has 16 heavy (non-hydrogen) atoms. The third-order valence-electron chi connectivity index (χ3n) is 2.63. The summed E-state index contributed by atoms with van der Waals surface area (Å²) in [6.45, 7) is 9.78. The lowest BCUT2D eigenvalue weighted by molar-refractivity contribution is -0.125. The summed E-state index contributed by atoms with van der Waals surface area (Å²) in [5, 5.41) is 11.5. The number of hydrogen-bond donors (Lipinski definition) is 1. The van der Waals surface area contributed by atoms with E-state index < -0.39 is 0 Å². The van der Waals surface area contributed by atoms with Crippen LogP contribution in [0.25, 0.3) is 0 Å². The van der Waals surface area contributed by atoms with Gasteiger partial charge < -0.3 is 5.32 Å². The Kier molecular flexibility index (Phi) is 7.57. The first kappa shape index (κ1) is 14.9. The maximum absolute atomic E-state index is 11.7. The minimum absolute atomic E-state index is 0.0118. The summed E-state index contributed by atoms with van der Waals surface area (Å²) >= 11 is 0. The molecule has 0 aliphatic heterocycles. The van der Waals surface area contributed by atoms with E-state index in [4.69, 9.17) is 5.26 Å². The fourth-order valence-corrected chi connectivity index (χ4v) is 1.41. The SMILES string of the molecule is CCN(CC#N)C(C)C(=O)NCCC(C)C. The Labute approximate surface area is 98.6 Å². The Bertz CT molecular complexity index is 245. The number of amides is 1. The average molecular weight is 225 g/mol. The van der Waals surface area contributed by atoms with Gasteiger partial charge in [-0.1, -0.05) is 20.8 Å². The zero-order chi connectivity index (χ0) is 12.6. The van der Waals surface area contributed by atoms with Crippen molar-refractivity contribution in [3.05, 3.63) is 0 Å². The smallest absolute Gasteiger partial charge is 0.237 e. The second-order valence-electron chi connectivity index (χ2n) is 4.37. The number of rotatable bonds is 7. The highest BCUT2D eigenvalue weighted by Gasteiger charge is 2.18. The predicted octanol–water partition coefficient (Wildman–Crippen LogP) is 1.38. The minimum Gasteiger partial charge on any atom is -0.355 e. The number of nitrogens with zero attached hydrogens (tertiary/aromatic N) is 2. The summed E-state index contributed by atoms with van der Waals surface area (Å²) in [7, 11) is 0. The van der Waals surface area contributed by atoms with Crippen LogP contribution in [0.4, 0.5) is 0 Å². The fourth-order valence-electron chi connectivity index (χ4n) is 1.41. The van der Waals surface area contributed by atoms with Crippen LogP contribution in [-0.2, 0) is 4.79 Å². The van der Waals surface area contributed by atoms with Crippen molar-refractivity contribution in [2.24, 2.45) is 5.92 Å². The van der Waals surface area contributed by atoms with E-state index >= 15 is 0 Å². The van der Waals surface area contributed by atoms with Gasteiger partial charge in [0, 0.05) is 6.54 Å². The van der Waals surface area contributed by atoms with Gasteiger partial charge in [0.15, 0.2) is 0 Å². The Morgan fingerprint density at radius 2 is 2.06 bits per heavy atom. The van der Waals surface area contributed by atoms with Crippen molar-refractivity contribution in [2.75, 3.05) is 19.6 Å². The van der Waals surface area contributed by atoms with Gasteiger partial charge in [-0.05, 0) is 25.8 Å². The molecule has 1 amide bonds. The standard InChI is InChI=1S/C12H23N3O/c1-5-15(9-7-13)11(4)12(16)14-8-6-10(2)3/h10-11H,5-6,8-9H2,1-4H3,(H,14,16). The number of likely N-dealkylation sites (N-methyl/N-ethyl adjacent to an activating group) is 1. The summed E-state index contributed by atoms with van der Waals surface area (Å²) in [5.41, 5.74) is 0. The van der Waals surface area contributed by atoms with Gasteiger partial charge in [0.05, 0.1) is 18.7 Å². The van der Waals surface area contributed by atoms with E-state index in [2.05, 4.69) is 25.2 Å². The molecule has 0 aromatic rings. The van der Waals surface area contributed by atoms with Gasteiger partial charge in [-0.25, -0.2) is 0 Å². The van der Waals surface area contributed by atoms with Crippen LogP contribution in [0.1, 0.15) is 34.1 Å². The molecule has 0 bridgehead atoms. The molecule has 0 aliphatic rings. The third-order valence-corrected chi connectivity index (χ3v) is 2.63. The molecular weight excluding hydrogens is 202 g/mol. The second kappa shape index (κ2) is 8.12. The molecule has 0 saturated carbocycles. The van der Waals surface area contributed by atoms with Gasteiger partial charge in [-0.2, -0.15) is 5.26 Å². The summed E-state index contributed by atoms with van der Waals surface area (Å²) in [5.74, 6) is 0.606. The van der Waals surface area contributed by atoms with Gasteiger partial charge in [0.2, 0.25) is 5.91 Å². The van der Waals surface area contributed by atoms with Crippen LogP contribution in [0.5, 0.6) is 0 Å². The van der Waals surface area contributed by atoms with E-state index in [1.807, 2.05) is 18.7 Å². The van der Waals surface area contributed by atoms with Crippen LogP contribution in [0.3, 0.4) is 0 Å². The second-order valence-corrected chi connectivity index (χ2v) is 4.37. The van der Waals surface area contributed by atoms with Crippen molar-refractivity contribution in [3.8, 4) is 6.07 Å². The first-order valence-electron chi connectivity index (χ1n) is 5.91. The third kappa shape index (κ3) is 5.72. The highest BCUT2D eigenvalue weighted by atomic mass is 16.2. The van der Waals surface area contributed by atoms with E-state index in [-0.39, 0.29) is 11.9 Å². The average Bonchev–Trinajstić information content (AvgIpc) is 2.24. The molecule has 0 heterocycles. The summed E-state index contributed by atoms with van der Waals surface area (Å²) in [6.07, 6.45) is 0.989. The van der Waals surface area contributed by atoms with Gasteiger partial charge >= 0.3 is 0 Å². The van der Waals surface area contributed by atoms with Gasteiger partial charge in [-0.15, -0.1) is 0 Å². The van der Waals surface area contributed by atoms with E-state index in [9.17, 15) is 4.79 Å². The highest BCUT2D eigenvalue weighted by Crippen LogP contribution is 2.00. The quantitative estimate of drug-likeness (QED) is 0.666. The zero-order valence-electron chi connectivity index (χ0n) is 10.8. The van der Waals surface area contributed by atoms with Crippen LogP contribution in [-0.4, -0.2) is 36.5 Å². The molecule has 1 unspecified atom stereocenters. The van der Waals surface area contributed by atoms with E-state index in [0.29, 0.717) is 25.6 Å². The van der Waals surface area contributed by atoms with Crippen molar-refractivity contribution < 1.29 is 4.79 Å². The molecule has 0 aromatic carbocycles. The molecule has 0 spiro atoms. The summed E-state index contributed by atoms with van der Waals surface area (Å²) in [6, 6.07) is 1.85. The molecule has 0 saturated heterocycles.